The molecule has 1 unspecified atom stereocenters. The molecule has 0 saturated carbocycles. The van der Waals surface area contributed by atoms with Crippen LogP contribution in [-0.4, -0.2) is 22.5 Å². The Morgan fingerprint density at radius 1 is 1.32 bits per heavy atom. The Morgan fingerprint density at radius 3 is 2.32 bits per heavy atom. The average Bonchev–Trinajstić information content (AvgIpc) is 2.58. The zero-order valence-corrected chi connectivity index (χ0v) is 12.1. The van der Waals surface area contributed by atoms with E-state index in [1.54, 1.807) is 7.05 Å². The van der Waals surface area contributed by atoms with Crippen LogP contribution in [0, 0.1) is 0 Å². The third-order valence-electron chi connectivity index (χ3n) is 2.80. The maximum absolute atomic E-state index is 13.2. The number of halogens is 3. The first kappa shape index (κ1) is 16.0. The topological polar surface area (TPSA) is 29.9 Å². The van der Waals surface area contributed by atoms with Crippen molar-refractivity contribution < 1.29 is 13.2 Å². The summed E-state index contributed by atoms with van der Waals surface area (Å²) in [5, 5.41) is 6.77. The first-order chi connectivity index (χ1) is 8.57. The Balaban J connectivity index is 3.22. The van der Waals surface area contributed by atoms with Crippen molar-refractivity contribution in [2.75, 3.05) is 6.54 Å². The van der Waals surface area contributed by atoms with Crippen LogP contribution in [0.3, 0.4) is 0 Å². The van der Waals surface area contributed by atoms with Gasteiger partial charge in [-0.2, -0.15) is 18.3 Å². The van der Waals surface area contributed by atoms with Crippen molar-refractivity contribution in [2.24, 2.45) is 7.05 Å². The van der Waals surface area contributed by atoms with Crippen LogP contribution < -0.4 is 5.32 Å². The van der Waals surface area contributed by atoms with E-state index in [-0.39, 0.29) is 5.56 Å². The number of aromatic nitrogens is 2. The number of nitrogens with one attached hydrogen (secondary N) is 1. The van der Waals surface area contributed by atoms with E-state index in [0.29, 0.717) is 18.7 Å². The third kappa shape index (κ3) is 3.96. The highest BCUT2D eigenvalue weighted by atomic mass is 19.4. The van der Waals surface area contributed by atoms with Crippen LogP contribution in [0.4, 0.5) is 13.2 Å². The highest BCUT2D eigenvalue weighted by molar-refractivity contribution is 5.28. The summed E-state index contributed by atoms with van der Waals surface area (Å²) in [6.07, 6.45) is -2.21. The zero-order valence-electron chi connectivity index (χ0n) is 12.1. The fourth-order valence-corrected chi connectivity index (χ4v) is 1.99. The third-order valence-corrected chi connectivity index (χ3v) is 2.80. The summed E-state index contributed by atoms with van der Waals surface area (Å²) < 4.78 is 41.1. The SMILES string of the molecule is CCCNC(c1cn(C)nc1C(C)(C)C)C(F)(F)F. The first-order valence-corrected chi connectivity index (χ1v) is 6.41. The molecule has 1 aromatic heterocycles. The highest BCUT2D eigenvalue weighted by Crippen LogP contribution is 2.37. The number of nitrogens with zero attached hydrogens (tertiary/aromatic N) is 2. The van der Waals surface area contributed by atoms with Gasteiger partial charge in [-0.3, -0.25) is 4.68 Å². The normalized spacial score (nSPS) is 14.7. The summed E-state index contributed by atoms with van der Waals surface area (Å²) in [5.74, 6) is 0. The number of alkyl halides is 3. The van der Waals surface area contributed by atoms with Crippen LogP contribution in [0.5, 0.6) is 0 Å². The first-order valence-electron chi connectivity index (χ1n) is 6.41. The maximum atomic E-state index is 13.2. The van der Waals surface area contributed by atoms with Gasteiger partial charge in [-0.1, -0.05) is 27.7 Å². The molecule has 1 rings (SSSR count). The Morgan fingerprint density at radius 2 is 1.89 bits per heavy atom. The Labute approximate surface area is 112 Å². The molecule has 0 bridgehead atoms. The molecule has 3 nitrogen and oxygen atoms in total. The zero-order chi connectivity index (χ0) is 14.8. The molecule has 0 amide bonds. The van der Waals surface area contributed by atoms with Crippen LogP contribution in [0.15, 0.2) is 6.20 Å². The number of hydrogen-bond acceptors (Lipinski definition) is 2. The molecule has 0 aliphatic heterocycles. The lowest BCUT2D eigenvalue weighted by Crippen LogP contribution is -2.36. The lowest BCUT2D eigenvalue weighted by molar-refractivity contribution is -0.157. The smallest absolute Gasteiger partial charge is 0.302 e. The van der Waals surface area contributed by atoms with Gasteiger partial charge in [-0.15, -0.1) is 0 Å². The van der Waals surface area contributed by atoms with Crippen molar-refractivity contribution >= 4 is 0 Å². The van der Waals surface area contributed by atoms with Gasteiger partial charge < -0.3 is 5.32 Å². The van der Waals surface area contributed by atoms with E-state index in [4.69, 9.17) is 0 Å². The minimum Gasteiger partial charge on any atom is -0.302 e. The van der Waals surface area contributed by atoms with Crippen LogP contribution in [0.25, 0.3) is 0 Å². The van der Waals surface area contributed by atoms with E-state index in [1.807, 2.05) is 27.7 Å². The molecule has 0 aliphatic carbocycles. The van der Waals surface area contributed by atoms with Crippen LogP contribution in [0.1, 0.15) is 51.4 Å². The molecule has 0 spiro atoms. The van der Waals surface area contributed by atoms with Crippen molar-refractivity contribution in [3.05, 3.63) is 17.5 Å². The quantitative estimate of drug-likeness (QED) is 0.915. The van der Waals surface area contributed by atoms with Gasteiger partial charge in [0.2, 0.25) is 0 Å². The minimum atomic E-state index is -4.32. The molecule has 0 saturated heterocycles. The second-order valence-electron chi connectivity index (χ2n) is 5.79. The van der Waals surface area contributed by atoms with Crippen molar-refractivity contribution in [2.45, 2.75) is 51.7 Å². The summed E-state index contributed by atoms with van der Waals surface area (Å²) in [5.41, 5.74) is 0.283. The molecule has 0 radical (unpaired) electrons. The Hall–Kier alpha value is -1.04. The summed E-state index contributed by atoms with van der Waals surface area (Å²) in [7, 11) is 1.64. The second kappa shape index (κ2) is 5.53. The van der Waals surface area contributed by atoms with Gasteiger partial charge in [-0.25, -0.2) is 0 Å². The van der Waals surface area contributed by atoms with Gasteiger partial charge in [0.1, 0.15) is 6.04 Å². The molecular weight excluding hydrogens is 255 g/mol. The van der Waals surface area contributed by atoms with Gasteiger partial charge in [0.15, 0.2) is 0 Å². The van der Waals surface area contributed by atoms with Crippen molar-refractivity contribution in [3.8, 4) is 0 Å². The van der Waals surface area contributed by atoms with Crippen molar-refractivity contribution in [1.82, 2.24) is 15.1 Å². The fraction of sp³-hybridized carbons (Fsp3) is 0.769. The number of rotatable bonds is 4. The molecule has 19 heavy (non-hydrogen) atoms. The molecule has 0 aliphatic rings. The van der Waals surface area contributed by atoms with Gasteiger partial charge in [0.25, 0.3) is 0 Å². The molecule has 1 heterocycles. The molecular formula is C13H22F3N3. The van der Waals surface area contributed by atoms with E-state index in [0.717, 1.165) is 0 Å². The van der Waals surface area contributed by atoms with Gasteiger partial charge >= 0.3 is 6.18 Å². The fourth-order valence-electron chi connectivity index (χ4n) is 1.99. The monoisotopic (exact) mass is 277 g/mol. The van der Waals surface area contributed by atoms with E-state index in [9.17, 15) is 13.2 Å². The van der Waals surface area contributed by atoms with Crippen LogP contribution in [-0.2, 0) is 12.5 Å². The molecule has 6 heteroatoms. The van der Waals surface area contributed by atoms with Crippen LogP contribution >= 0.6 is 0 Å². The number of hydrogen-bond donors (Lipinski definition) is 1. The summed E-state index contributed by atoms with van der Waals surface area (Å²) >= 11 is 0. The molecule has 1 N–H and O–H groups in total. The predicted molar refractivity (Wildman–Crippen MR) is 69.0 cm³/mol. The summed E-state index contributed by atoms with van der Waals surface area (Å²) in [6.45, 7) is 7.77. The lowest BCUT2D eigenvalue weighted by Gasteiger charge is -2.25. The Bertz CT molecular complexity index is 416. The van der Waals surface area contributed by atoms with Crippen molar-refractivity contribution in [1.29, 1.82) is 0 Å². The van der Waals surface area contributed by atoms with E-state index in [1.165, 1.54) is 10.9 Å². The molecule has 0 aromatic carbocycles. The largest absolute Gasteiger partial charge is 0.408 e. The van der Waals surface area contributed by atoms with Gasteiger partial charge in [-0.05, 0) is 13.0 Å². The maximum Gasteiger partial charge on any atom is 0.408 e. The highest BCUT2D eigenvalue weighted by Gasteiger charge is 2.43. The predicted octanol–water partition coefficient (Wildman–Crippen LogP) is 3.32. The summed E-state index contributed by atoms with van der Waals surface area (Å²) in [6, 6.07) is -1.66. The van der Waals surface area contributed by atoms with Crippen LogP contribution in [0.2, 0.25) is 0 Å². The molecule has 110 valence electrons. The standard InChI is InChI=1S/C13H22F3N3/c1-6-7-17-11(13(14,15)16)9-8-19(5)18-10(9)12(2,3)4/h8,11,17H,6-7H2,1-5H3. The van der Waals surface area contributed by atoms with Gasteiger partial charge in [0.05, 0.1) is 5.69 Å². The van der Waals surface area contributed by atoms with Crippen molar-refractivity contribution in [3.63, 3.8) is 0 Å². The van der Waals surface area contributed by atoms with E-state index < -0.39 is 17.6 Å². The lowest BCUT2D eigenvalue weighted by atomic mass is 9.87. The second-order valence-corrected chi connectivity index (χ2v) is 5.79. The molecule has 1 aromatic rings. The minimum absolute atomic E-state index is 0.218. The molecule has 0 fully saturated rings. The summed E-state index contributed by atoms with van der Waals surface area (Å²) in [4.78, 5) is 0. The average molecular weight is 277 g/mol. The van der Waals surface area contributed by atoms with E-state index >= 15 is 0 Å². The van der Waals surface area contributed by atoms with E-state index in [2.05, 4.69) is 10.4 Å². The van der Waals surface area contributed by atoms with Gasteiger partial charge in [0, 0.05) is 24.2 Å². The number of aryl methyl sites for hydroxylation is 1. The molecule has 1 atom stereocenters. The Kier molecular flexibility index (Phi) is 4.66.